The summed E-state index contributed by atoms with van der Waals surface area (Å²) < 4.78 is 6.51. The van der Waals surface area contributed by atoms with Gasteiger partial charge in [-0.25, -0.2) is 0 Å². The highest BCUT2D eigenvalue weighted by molar-refractivity contribution is 6.09. The molecule has 1 heterocycles. The summed E-state index contributed by atoms with van der Waals surface area (Å²) in [6, 6.07) is 100. The summed E-state index contributed by atoms with van der Waals surface area (Å²) in [5.74, 6) is 0.302. The molecular weight excluding hydrogens is 857 g/mol. The summed E-state index contributed by atoms with van der Waals surface area (Å²) in [6.45, 7) is 0. The lowest BCUT2D eigenvalue weighted by molar-refractivity contribution is 0.670. The minimum atomic E-state index is -0.532. The average Bonchev–Trinajstić information content (AvgIpc) is 3.98. The molecule has 336 valence electrons. The summed E-state index contributed by atoms with van der Waals surface area (Å²) in [4.78, 5) is 0. The molecule has 2 unspecified atom stereocenters. The molecule has 2 atom stereocenters. The maximum absolute atomic E-state index is 6.51. The maximum atomic E-state index is 6.51. The minimum absolute atomic E-state index is 0.302. The quantitative estimate of drug-likeness (QED) is 0.126. The lowest BCUT2D eigenvalue weighted by atomic mass is 9.67. The van der Waals surface area contributed by atoms with Gasteiger partial charge in [0.25, 0.3) is 0 Å². The Balaban J connectivity index is 0.853. The fourth-order valence-electron chi connectivity index (χ4n) is 11.6. The van der Waals surface area contributed by atoms with Gasteiger partial charge in [-0.05, 0) is 120 Å². The van der Waals surface area contributed by atoms with E-state index in [1.165, 1.54) is 83.5 Å². The second kappa shape index (κ2) is 17.9. The van der Waals surface area contributed by atoms with E-state index in [9.17, 15) is 0 Å². The van der Waals surface area contributed by atoms with Gasteiger partial charge in [0.1, 0.15) is 11.2 Å². The van der Waals surface area contributed by atoms with Crippen LogP contribution in [-0.2, 0) is 18.3 Å². The zero-order valence-electron chi connectivity index (χ0n) is 39.4. The van der Waals surface area contributed by atoms with E-state index in [1.54, 1.807) is 0 Å². The monoisotopic (exact) mass is 906 g/mol. The summed E-state index contributed by atoms with van der Waals surface area (Å²) in [7, 11) is 0. The van der Waals surface area contributed by atoms with Crippen molar-refractivity contribution in [3.8, 4) is 55.6 Å². The molecule has 0 aliphatic heterocycles. The van der Waals surface area contributed by atoms with Crippen LogP contribution in [0.3, 0.4) is 0 Å². The first-order valence-corrected chi connectivity index (χ1v) is 24.9. The van der Waals surface area contributed by atoms with Gasteiger partial charge in [0.15, 0.2) is 0 Å². The van der Waals surface area contributed by atoms with Gasteiger partial charge < -0.3 is 4.42 Å². The van der Waals surface area contributed by atoms with E-state index in [0.717, 1.165) is 45.9 Å². The lowest BCUT2D eigenvalue weighted by Gasteiger charge is -2.34. The van der Waals surface area contributed by atoms with Crippen molar-refractivity contribution in [2.45, 2.75) is 24.2 Å². The van der Waals surface area contributed by atoms with Crippen LogP contribution in [0.2, 0.25) is 0 Å². The second-order valence-corrected chi connectivity index (χ2v) is 19.1. The Morgan fingerprint density at radius 3 is 1.44 bits per heavy atom. The van der Waals surface area contributed by atoms with Crippen LogP contribution < -0.4 is 0 Å². The van der Waals surface area contributed by atoms with Gasteiger partial charge in [-0.15, -0.1) is 0 Å². The van der Waals surface area contributed by atoms with E-state index in [2.05, 4.69) is 267 Å². The molecule has 1 nitrogen and oxygen atoms in total. The highest BCUT2D eigenvalue weighted by atomic mass is 16.3. The Kier molecular flexibility index (Phi) is 10.7. The SMILES string of the molecule is c1ccc(-c2ccc(CC(Cc3ccc(-c4ccc5c(c4)C(c4ccccc4)(c4ccc(-c6cccc7c6oc6ccccc67)cc4)c4ccccc4-5)cc3)c3ccc(-c4ccccc4)cc3)cc2)cc1. The Morgan fingerprint density at radius 1 is 0.310 bits per heavy atom. The molecule has 0 saturated carbocycles. The van der Waals surface area contributed by atoms with Crippen molar-refractivity contribution in [3.63, 3.8) is 0 Å². The number of hydrogen-bond donors (Lipinski definition) is 0. The molecule has 12 aromatic rings. The van der Waals surface area contributed by atoms with Crippen molar-refractivity contribution in [3.05, 3.63) is 312 Å². The second-order valence-electron chi connectivity index (χ2n) is 19.1. The van der Waals surface area contributed by atoms with Crippen LogP contribution in [0.4, 0.5) is 0 Å². The zero-order valence-corrected chi connectivity index (χ0v) is 39.4. The summed E-state index contributed by atoms with van der Waals surface area (Å²) >= 11 is 0. The molecular formula is C70H50O. The first-order valence-electron chi connectivity index (χ1n) is 24.9. The molecule has 0 amide bonds. The molecule has 1 heteroatoms. The maximum Gasteiger partial charge on any atom is 0.143 e. The highest BCUT2D eigenvalue weighted by Gasteiger charge is 2.46. The summed E-state index contributed by atoms with van der Waals surface area (Å²) in [5, 5.41) is 2.28. The number of hydrogen-bond acceptors (Lipinski definition) is 1. The van der Waals surface area contributed by atoms with Crippen molar-refractivity contribution in [1.29, 1.82) is 0 Å². The number of furan rings is 1. The first-order chi connectivity index (χ1) is 35.2. The van der Waals surface area contributed by atoms with Crippen molar-refractivity contribution in [2.24, 2.45) is 0 Å². The highest BCUT2D eigenvalue weighted by Crippen LogP contribution is 2.57. The number of benzene rings is 11. The van der Waals surface area contributed by atoms with E-state index in [4.69, 9.17) is 4.42 Å². The van der Waals surface area contributed by atoms with E-state index in [-0.39, 0.29) is 0 Å². The third kappa shape index (κ3) is 7.59. The van der Waals surface area contributed by atoms with Crippen molar-refractivity contribution < 1.29 is 4.42 Å². The van der Waals surface area contributed by atoms with E-state index in [0.29, 0.717) is 5.92 Å². The van der Waals surface area contributed by atoms with Gasteiger partial charge in [-0.2, -0.15) is 0 Å². The van der Waals surface area contributed by atoms with Gasteiger partial charge in [-0.3, -0.25) is 0 Å². The fourth-order valence-corrected chi connectivity index (χ4v) is 11.6. The van der Waals surface area contributed by atoms with E-state index >= 15 is 0 Å². The molecule has 0 bridgehead atoms. The van der Waals surface area contributed by atoms with Crippen LogP contribution in [0.15, 0.2) is 277 Å². The number of rotatable bonds is 11. The Hall–Kier alpha value is -8.78. The Labute approximate surface area is 416 Å². The van der Waals surface area contributed by atoms with Gasteiger partial charge in [0.05, 0.1) is 5.41 Å². The van der Waals surface area contributed by atoms with Crippen LogP contribution in [0, 0.1) is 0 Å². The molecule has 0 N–H and O–H groups in total. The standard InChI is InChI=1S/C70H50O/c1-4-15-50(16-5-1)52-31-27-48(28-32-52)45-58(55-37-35-53(36-38-55)51-17-6-2-7-18-51)46-49-29-33-54(34-30-49)57-41-44-63-62-21-10-12-25-66(62)70(67(63)47-57,59-19-8-3-9-20-59)60-42-39-56(40-43-60)61-23-14-24-65-64-22-11-13-26-68(64)71-69(61)65/h1-44,47,58H,45-46H2. The van der Waals surface area contributed by atoms with Crippen molar-refractivity contribution in [1.82, 2.24) is 0 Å². The predicted octanol–water partition coefficient (Wildman–Crippen LogP) is 18.2. The molecule has 1 aliphatic carbocycles. The van der Waals surface area contributed by atoms with E-state index < -0.39 is 5.41 Å². The third-order valence-electron chi connectivity index (χ3n) is 15.1. The van der Waals surface area contributed by atoms with Crippen molar-refractivity contribution in [2.75, 3.05) is 0 Å². The minimum Gasteiger partial charge on any atom is -0.455 e. The van der Waals surface area contributed by atoms with Crippen LogP contribution in [-0.4, -0.2) is 0 Å². The topological polar surface area (TPSA) is 13.1 Å². The Morgan fingerprint density at radius 2 is 0.775 bits per heavy atom. The molecule has 0 fully saturated rings. The van der Waals surface area contributed by atoms with E-state index in [1.807, 2.05) is 6.07 Å². The van der Waals surface area contributed by atoms with Crippen LogP contribution in [0.5, 0.6) is 0 Å². The largest absolute Gasteiger partial charge is 0.455 e. The van der Waals surface area contributed by atoms with Gasteiger partial charge >= 0.3 is 0 Å². The third-order valence-corrected chi connectivity index (χ3v) is 15.1. The number of para-hydroxylation sites is 2. The van der Waals surface area contributed by atoms with Gasteiger partial charge in [-0.1, -0.05) is 261 Å². The smallest absolute Gasteiger partial charge is 0.143 e. The van der Waals surface area contributed by atoms with Gasteiger partial charge in [0, 0.05) is 16.3 Å². The molecule has 11 aromatic carbocycles. The summed E-state index contributed by atoms with van der Waals surface area (Å²) in [6.07, 6.45) is 1.88. The number of fused-ring (bicyclic) bond motifs is 6. The normalized spacial score (nSPS) is 14.3. The molecule has 0 radical (unpaired) electrons. The average molecular weight is 907 g/mol. The summed E-state index contributed by atoms with van der Waals surface area (Å²) in [5.41, 5.74) is 22.6. The van der Waals surface area contributed by atoms with Gasteiger partial charge in [0.2, 0.25) is 0 Å². The predicted molar refractivity (Wildman–Crippen MR) is 296 cm³/mol. The van der Waals surface area contributed by atoms with Crippen molar-refractivity contribution >= 4 is 21.9 Å². The fraction of sp³-hybridized carbons (Fsp3) is 0.0571. The molecule has 0 saturated heterocycles. The van der Waals surface area contributed by atoms with Crippen LogP contribution >= 0.6 is 0 Å². The molecule has 1 aromatic heterocycles. The molecule has 1 aliphatic rings. The molecule has 13 rings (SSSR count). The lowest BCUT2D eigenvalue weighted by Crippen LogP contribution is -2.28. The Bertz CT molecular complexity index is 3810. The zero-order chi connectivity index (χ0) is 47.1. The first kappa shape index (κ1) is 42.3. The van der Waals surface area contributed by atoms with Crippen LogP contribution in [0.25, 0.3) is 77.6 Å². The molecule has 71 heavy (non-hydrogen) atoms. The molecule has 0 spiro atoms. The van der Waals surface area contributed by atoms with Crippen LogP contribution in [0.1, 0.15) is 44.9 Å².